The smallest absolute Gasteiger partial charge is 0.274 e. The summed E-state index contributed by atoms with van der Waals surface area (Å²) in [6, 6.07) is 10.2. The van der Waals surface area contributed by atoms with Gasteiger partial charge in [0.2, 0.25) is 17.7 Å². The number of anilines is 2. The maximum absolute atomic E-state index is 15.6. The van der Waals surface area contributed by atoms with Crippen LogP contribution < -0.4 is 26.4 Å². The molecule has 3 atom stereocenters. The topological polar surface area (TPSA) is 218 Å². The Bertz CT molecular complexity index is 3420. The van der Waals surface area contributed by atoms with Crippen LogP contribution in [0, 0.1) is 24.0 Å². The Morgan fingerprint density at radius 3 is 2.29 bits per heavy atom. The Kier molecular flexibility index (Phi) is 18.8. The number of carbonyl (C=O) groups is 4. The molecule has 4 aromatic heterocycles. The fourth-order valence-electron chi connectivity index (χ4n) is 10.7. The van der Waals surface area contributed by atoms with E-state index < -0.39 is 50.6 Å². The fraction of sp³-hybridized carbons (Fsp3) is 0.475. The number of halogens is 2. The van der Waals surface area contributed by atoms with Crippen molar-refractivity contribution in [1.82, 2.24) is 40.4 Å². The van der Waals surface area contributed by atoms with Crippen molar-refractivity contribution >= 4 is 67.2 Å². The molecule has 4 amide bonds. The number of rotatable bonds is 23. The molecule has 2 aromatic carbocycles. The maximum atomic E-state index is 15.6. The summed E-state index contributed by atoms with van der Waals surface area (Å²) in [5.41, 5.74) is 6.36. The number of pyridine rings is 2. The first kappa shape index (κ1) is 59.3. The van der Waals surface area contributed by atoms with Crippen LogP contribution in [0.1, 0.15) is 132 Å². The van der Waals surface area contributed by atoms with Crippen LogP contribution in [0.4, 0.5) is 20.3 Å². The minimum Gasteiger partial charge on any atom is -0.374 e. The number of thiazole rings is 1. The molecule has 4 N–H and O–H groups in total. The average molecular weight is 1140 g/mol. The van der Waals surface area contributed by atoms with Crippen molar-refractivity contribution in [2.24, 2.45) is 12.5 Å². The molecule has 0 bridgehead atoms. The van der Waals surface area contributed by atoms with Gasteiger partial charge in [-0.15, -0.1) is 11.3 Å². The fourth-order valence-corrected chi connectivity index (χ4v) is 12.4. The predicted molar refractivity (Wildman–Crippen MR) is 307 cm³/mol. The molecule has 0 aliphatic carbocycles. The minimum absolute atomic E-state index is 0.00286. The zero-order chi connectivity index (χ0) is 57.6. The molecule has 2 aliphatic rings. The first-order valence-electron chi connectivity index (χ1n) is 27.4. The number of hydrogen-bond acceptors (Lipinski definition) is 12. The third-order valence-electron chi connectivity index (χ3n) is 14.7. The number of aryl methyl sites for hydroxylation is 2. The highest BCUT2D eigenvalue weighted by Crippen LogP contribution is 2.45. The standard InChI is InChI=1S/C59H73F2N9O8S2/c1-35(2)78-42-25-48(56(73)65-27-37-18-20-38(21-19-37)52-36(3)66-34-79-52)70(31-42)58(75)53(59(4,5)6)67-49(71)17-15-13-11-9-10-12-14-16-22-62-55(72)43-26-47-44(23-39(43)33-80(8,76)77)45-32-68(7)57(74)51-50(45)40(28-63-51)30-69(47)54-46(61)24-41(60)29-64-54/h18-21,23-24,26,28-29,32,34-35,42,48,53,63H,9-17,22,25,27,30-31,33H2,1-8H3,(H,62,72)(H,65,73)(H,67,71)/t42-,48+,53-/m1/s1. The predicted octanol–water partition coefficient (Wildman–Crippen LogP) is 9.32. The van der Waals surface area contributed by atoms with E-state index in [1.54, 1.807) is 41.7 Å². The zero-order valence-electron chi connectivity index (χ0n) is 46.8. The first-order chi connectivity index (χ1) is 38.0. The van der Waals surface area contributed by atoms with Crippen LogP contribution in [0.3, 0.4) is 0 Å². The van der Waals surface area contributed by atoms with Crippen LogP contribution in [0.15, 0.2) is 71.4 Å². The Labute approximate surface area is 470 Å². The van der Waals surface area contributed by atoms with Gasteiger partial charge in [0.25, 0.3) is 11.5 Å². The average Bonchev–Trinajstić information content (AvgIpc) is 4.16. The van der Waals surface area contributed by atoms with E-state index in [0.717, 1.165) is 72.7 Å². The Balaban J connectivity index is 0.807. The van der Waals surface area contributed by atoms with Gasteiger partial charge in [-0.3, -0.25) is 24.0 Å². The molecule has 1 saturated heterocycles. The van der Waals surface area contributed by atoms with E-state index in [0.29, 0.717) is 71.7 Å². The Morgan fingerprint density at radius 1 is 0.938 bits per heavy atom. The number of ether oxygens (including phenoxy) is 1. The summed E-state index contributed by atoms with van der Waals surface area (Å²) in [5, 5.41) is 9.57. The van der Waals surface area contributed by atoms with Crippen molar-refractivity contribution in [2.45, 2.75) is 149 Å². The molecule has 6 heterocycles. The van der Waals surface area contributed by atoms with Gasteiger partial charge in [0.1, 0.15) is 23.4 Å². The minimum atomic E-state index is -3.67. The zero-order valence-corrected chi connectivity index (χ0v) is 48.5. The number of aromatic nitrogens is 4. The van der Waals surface area contributed by atoms with Crippen molar-refractivity contribution in [1.29, 1.82) is 0 Å². The molecule has 2 aliphatic heterocycles. The molecular formula is C59H73F2N9O8S2. The number of hydrogen-bond donors (Lipinski definition) is 4. The van der Waals surface area contributed by atoms with Gasteiger partial charge in [0.05, 0.1) is 52.5 Å². The lowest BCUT2D eigenvalue weighted by atomic mass is 9.85. The first-order valence-corrected chi connectivity index (χ1v) is 30.3. The van der Waals surface area contributed by atoms with Gasteiger partial charge in [-0.2, -0.15) is 0 Å². The molecule has 428 valence electrons. The monoisotopic (exact) mass is 1140 g/mol. The highest BCUT2D eigenvalue weighted by molar-refractivity contribution is 7.89. The van der Waals surface area contributed by atoms with Crippen molar-refractivity contribution in [2.75, 3.05) is 24.2 Å². The summed E-state index contributed by atoms with van der Waals surface area (Å²) in [6.45, 7) is 12.4. The number of benzene rings is 2. The molecule has 0 unspecified atom stereocenters. The van der Waals surface area contributed by atoms with Crippen molar-refractivity contribution in [3.8, 4) is 21.6 Å². The van der Waals surface area contributed by atoms with E-state index in [1.165, 1.54) is 15.5 Å². The summed E-state index contributed by atoms with van der Waals surface area (Å²) >= 11 is 1.58. The van der Waals surface area contributed by atoms with Gasteiger partial charge >= 0.3 is 0 Å². The summed E-state index contributed by atoms with van der Waals surface area (Å²) < 4.78 is 62.9. The van der Waals surface area contributed by atoms with Crippen molar-refractivity contribution < 1.29 is 41.1 Å². The number of carbonyl (C=O) groups excluding carboxylic acids is 4. The molecule has 0 radical (unpaired) electrons. The lowest BCUT2D eigenvalue weighted by Crippen LogP contribution is -2.57. The molecule has 17 nitrogen and oxygen atoms in total. The van der Waals surface area contributed by atoms with Crippen LogP contribution in [-0.2, 0) is 54.8 Å². The van der Waals surface area contributed by atoms with Crippen LogP contribution in [0.2, 0.25) is 0 Å². The van der Waals surface area contributed by atoms with Gasteiger partial charge < -0.3 is 40.0 Å². The number of aromatic amines is 1. The van der Waals surface area contributed by atoms with Gasteiger partial charge in [0, 0.05) is 86.3 Å². The lowest BCUT2D eigenvalue weighted by Gasteiger charge is -2.35. The number of likely N-dealkylation sites (tertiary alicyclic amines) is 1. The highest BCUT2D eigenvalue weighted by atomic mass is 32.2. The van der Waals surface area contributed by atoms with Crippen LogP contribution in [0.5, 0.6) is 0 Å². The SMILES string of the molecule is Cc1ncsc1-c1ccc(CNC(=O)[C@@H]2C[C@@H](OC(C)C)CN2C(=O)[C@@H](NC(=O)CCCCCCCCCCNC(=O)c2cc3c(cc2CS(C)(=O)=O)-c2cn(C)c(=O)c4[nH]cc(c24)CN3c2ncc(F)cc2F)C(C)(C)C)cc1. The van der Waals surface area contributed by atoms with E-state index in [2.05, 4.69) is 30.9 Å². The maximum Gasteiger partial charge on any atom is 0.274 e. The summed E-state index contributed by atoms with van der Waals surface area (Å²) in [5.74, 6) is -3.83. The number of nitrogens with one attached hydrogen (secondary N) is 4. The number of unbranched alkanes of at least 4 members (excludes halogenated alkanes) is 7. The van der Waals surface area contributed by atoms with Gasteiger partial charge in [0.15, 0.2) is 21.5 Å². The van der Waals surface area contributed by atoms with E-state index in [4.69, 9.17) is 4.74 Å². The summed E-state index contributed by atoms with van der Waals surface area (Å²) in [7, 11) is -2.08. The van der Waals surface area contributed by atoms with Crippen molar-refractivity contribution in [3.05, 3.63) is 117 Å². The third kappa shape index (κ3) is 14.2. The van der Waals surface area contributed by atoms with Crippen LogP contribution in [-0.4, -0.2) is 100 Å². The molecule has 80 heavy (non-hydrogen) atoms. The summed E-state index contributed by atoms with van der Waals surface area (Å²) in [6.07, 6.45) is 12.0. The normalized spacial score (nSPS) is 15.7. The summed E-state index contributed by atoms with van der Waals surface area (Å²) in [4.78, 5) is 84.6. The Hall–Kier alpha value is -6.84. The number of amides is 4. The largest absolute Gasteiger partial charge is 0.374 e. The third-order valence-corrected chi connectivity index (χ3v) is 16.5. The second kappa shape index (κ2) is 25.3. The molecule has 0 saturated carbocycles. The van der Waals surface area contributed by atoms with Crippen molar-refractivity contribution in [3.63, 3.8) is 0 Å². The highest BCUT2D eigenvalue weighted by Gasteiger charge is 2.45. The molecule has 6 aromatic rings. The molecular weight excluding hydrogens is 1060 g/mol. The molecule has 0 spiro atoms. The van der Waals surface area contributed by atoms with Gasteiger partial charge in [-0.1, -0.05) is 83.6 Å². The van der Waals surface area contributed by atoms with E-state index in [-0.39, 0.29) is 71.9 Å². The number of nitrogens with zero attached hydrogens (tertiary/aromatic N) is 5. The lowest BCUT2D eigenvalue weighted by molar-refractivity contribution is -0.144. The van der Waals surface area contributed by atoms with Gasteiger partial charge in [-0.05, 0) is 73.4 Å². The number of sulfone groups is 1. The Morgan fingerprint density at radius 2 is 1.64 bits per heavy atom. The van der Waals surface area contributed by atoms with E-state index in [1.807, 2.05) is 71.3 Å². The van der Waals surface area contributed by atoms with Crippen LogP contribution in [0.25, 0.3) is 32.5 Å². The quantitative estimate of drug-likeness (QED) is 0.0443. The van der Waals surface area contributed by atoms with Gasteiger partial charge in [-0.25, -0.2) is 27.2 Å². The second-order valence-electron chi connectivity index (χ2n) is 22.6. The second-order valence-corrected chi connectivity index (χ2v) is 25.6. The molecule has 1 fully saturated rings. The van der Waals surface area contributed by atoms with E-state index in [9.17, 15) is 36.8 Å². The molecule has 21 heteroatoms. The molecule has 8 rings (SSSR count). The number of H-pyrrole nitrogens is 1. The number of fused-ring (bicyclic) bond motifs is 2. The van der Waals surface area contributed by atoms with Crippen LogP contribution >= 0.6 is 11.3 Å². The van der Waals surface area contributed by atoms with E-state index >= 15 is 4.39 Å².